The summed E-state index contributed by atoms with van der Waals surface area (Å²) in [6.07, 6.45) is 2.72. The number of carbonyl (C=O) groups is 3. The summed E-state index contributed by atoms with van der Waals surface area (Å²) in [4.78, 5) is 34.7. The van der Waals surface area contributed by atoms with Crippen LogP contribution >= 0.6 is 11.6 Å². The van der Waals surface area contributed by atoms with Gasteiger partial charge in [0.15, 0.2) is 16.4 Å². The molecule has 0 unspecified atom stereocenters. The summed E-state index contributed by atoms with van der Waals surface area (Å²) in [5, 5.41) is 4.54. The topological polar surface area (TPSA) is 119 Å². The number of esters is 1. The fraction of sp³-hybridized carbons (Fsp3) is 0.357. The largest absolute Gasteiger partial charge is 0.452 e. The summed E-state index contributed by atoms with van der Waals surface area (Å²) in [7, 11) is -3.53. The van der Waals surface area contributed by atoms with Gasteiger partial charge in [0.2, 0.25) is 0 Å². The molecule has 2 rings (SSSR count). The van der Waals surface area contributed by atoms with Gasteiger partial charge < -0.3 is 10.1 Å². The van der Waals surface area contributed by atoms with Gasteiger partial charge in [0.25, 0.3) is 5.91 Å². The van der Waals surface area contributed by atoms with Gasteiger partial charge in [-0.05, 0) is 31.0 Å². The molecule has 0 spiro atoms. The van der Waals surface area contributed by atoms with Gasteiger partial charge in [-0.25, -0.2) is 18.0 Å². The number of halogens is 1. The van der Waals surface area contributed by atoms with E-state index in [2.05, 4.69) is 5.32 Å². The molecule has 0 aliphatic heterocycles. The molecular weight excluding hydrogens is 360 g/mol. The smallest absolute Gasteiger partial charge is 0.340 e. The zero-order chi connectivity index (χ0) is 17.9. The summed E-state index contributed by atoms with van der Waals surface area (Å²) < 4.78 is 27.7. The van der Waals surface area contributed by atoms with Crippen LogP contribution in [0.4, 0.5) is 4.79 Å². The van der Waals surface area contributed by atoms with Crippen molar-refractivity contribution in [2.45, 2.75) is 23.8 Å². The molecule has 8 nitrogen and oxygen atoms in total. The second-order valence-corrected chi connectivity index (χ2v) is 7.71. The Hall–Kier alpha value is -2.13. The van der Waals surface area contributed by atoms with Crippen LogP contribution in [-0.4, -0.2) is 45.2 Å². The summed E-state index contributed by atoms with van der Waals surface area (Å²) in [6.45, 7) is -0.698. The lowest BCUT2D eigenvalue weighted by atomic mass is 10.2. The second-order valence-electron chi connectivity index (χ2n) is 5.29. The molecule has 0 heterocycles. The molecule has 0 radical (unpaired) electrons. The van der Waals surface area contributed by atoms with Crippen molar-refractivity contribution >= 4 is 39.3 Å². The Morgan fingerprint density at radius 2 is 1.96 bits per heavy atom. The van der Waals surface area contributed by atoms with Crippen LogP contribution in [0, 0.1) is 0 Å². The summed E-state index contributed by atoms with van der Waals surface area (Å²) >= 11 is 5.84. The van der Waals surface area contributed by atoms with Crippen LogP contribution in [0.5, 0.6) is 0 Å². The average Bonchev–Trinajstić information content (AvgIpc) is 3.27. The van der Waals surface area contributed by atoms with Crippen LogP contribution in [0.15, 0.2) is 23.1 Å². The van der Waals surface area contributed by atoms with Crippen LogP contribution in [0.3, 0.4) is 0 Å². The highest BCUT2D eigenvalue weighted by Crippen LogP contribution is 2.21. The molecule has 1 aliphatic rings. The van der Waals surface area contributed by atoms with Crippen LogP contribution in [-0.2, 0) is 19.4 Å². The van der Waals surface area contributed by atoms with Crippen molar-refractivity contribution in [2.24, 2.45) is 0 Å². The van der Waals surface area contributed by atoms with Crippen molar-refractivity contribution in [3.8, 4) is 0 Å². The maximum Gasteiger partial charge on any atom is 0.340 e. The van der Waals surface area contributed by atoms with Gasteiger partial charge in [0.05, 0.1) is 15.5 Å². The van der Waals surface area contributed by atoms with Crippen LogP contribution in [0.2, 0.25) is 5.02 Å². The molecule has 130 valence electrons. The van der Waals surface area contributed by atoms with E-state index >= 15 is 0 Å². The van der Waals surface area contributed by atoms with E-state index in [0.717, 1.165) is 25.2 Å². The molecule has 0 aromatic heterocycles. The van der Waals surface area contributed by atoms with Gasteiger partial charge in [-0.2, -0.15) is 0 Å². The van der Waals surface area contributed by atoms with E-state index in [-0.39, 0.29) is 21.5 Å². The first kappa shape index (κ1) is 18.2. The molecule has 3 amide bonds. The minimum Gasteiger partial charge on any atom is -0.452 e. The molecule has 24 heavy (non-hydrogen) atoms. The number of rotatable bonds is 5. The van der Waals surface area contributed by atoms with Crippen LogP contribution < -0.4 is 10.6 Å². The predicted molar refractivity (Wildman–Crippen MR) is 84.5 cm³/mol. The minimum absolute atomic E-state index is 0.0146. The molecule has 2 N–H and O–H groups in total. The van der Waals surface area contributed by atoms with Crippen LogP contribution in [0.25, 0.3) is 0 Å². The Morgan fingerprint density at radius 1 is 1.29 bits per heavy atom. The summed E-state index contributed by atoms with van der Waals surface area (Å²) in [5.74, 6) is -1.78. The van der Waals surface area contributed by atoms with Gasteiger partial charge in [-0.1, -0.05) is 11.6 Å². The molecule has 1 saturated carbocycles. The molecule has 1 fully saturated rings. The van der Waals surface area contributed by atoms with Gasteiger partial charge in [-0.3, -0.25) is 10.1 Å². The summed E-state index contributed by atoms with van der Waals surface area (Å²) in [5.41, 5.74) is -0.185. The fourth-order valence-corrected chi connectivity index (χ4v) is 2.55. The maximum absolute atomic E-state index is 11.9. The van der Waals surface area contributed by atoms with Crippen molar-refractivity contribution in [1.29, 1.82) is 0 Å². The van der Waals surface area contributed by atoms with Gasteiger partial charge >= 0.3 is 12.0 Å². The number of hydrogen-bond donors (Lipinski definition) is 2. The van der Waals surface area contributed by atoms with Crippen molar-refractivity contribution in [2.75, 3.05) is 12.9 Å². The highest BCUT2D eigenvalue weighted by atomic mass is 35.5. The molecule has 0 saturated heterocycles. The Kier molecular flexibility index (Phi) is 5.45. The first-order valence-electron chi connectivity index (χ1n) is 6.94. The van der Waals surface area contributed by atoms with E-state index in [1.165, 1.54) is 12.1 Å². The molecule has 0 atom stereocenters. The van der Waals surface area contributed by atoms with Gasteiger partial charge in [0, 0.05) is 12.3 Å². The van der Waals surface area contributed by atoms with E-state index in [1.807, 2.05) is 5.32 Å². The SMILES string of the molecule is CS(=O)(=O)c1ccc(Cl)c(C(=O)OCC(=O)NC(=O)NC2CC2)c1. The third-order valence-corrected chi connectivity index (χ3v) is 4.53. The van der Waals surface area contributed by atoms with Crippen molar-refractivity contribution in [1.82, 2.24) is 10.6 Å². The number of imide groups is 1. The van der Waals surface area contributed by atoms with Crippen molar-refractivity contribution in [3.63, 3.8) is 0 Å². The number of ether oxygens (including phenoxy) is 1. The maximum atomic E-state index is 11.9. The standard InChI is InChI=1S/C14H15ClN2O6S/c1-24(21,22)9-4-5-11(15)10(6-9)13(19)23-7-12(18)17-14(20)16-8-2-3-8/h4-6,8H,2-3,7H2,1H3,(H2,16,17,18,20). The number of hydrogen-bond acceptors (Lipinski definition) is 6. The zero-order valence-electron chi connectivity index (χ0n) is 12.7. The highest BCUT2D eigenvalue weighted by Gasteiger charge is 2.24. The number of carbonyl (C=O) groups excluding carboxylic acids is 3. The lowest BCUT2D eigenvalue weighted by molar-refractivity contribution is -0.123. The lowest BCUT2D eigenvalue weighted by Crippen LogP contribution is -2.42. The monoisotopic (exact) mass is 374 g/mol. The normalized spacial score (nSPS) is 13.9. The highest BCUT2D eigenvalue weighted by molar-refractivity contribution is 7.90. The van der Waals surface area contributed by atoms with Gasteiger partial charge in [-0.15, -0.1) is 0 Å². The Balaban J connectivity index is 1.94. The Labute approximate surface area is 143 Å². The molecular formula is C14H15ClN2O6S. The third kappa shape index (κ3) is 5.20. The molecule has 1 aromatic rings. The number of nitrogens with one attached hydrogen (secondary N) is 2. The average molecular weight is 375 g/mol. The van der Waals surface area contributed by atoms with E-state index < -0.39 is 34.4 Å². The number of urea groups is 1. The molecule has 1 aliphatic carbocycles. The first-order valence-corrected chi connectivity index (χ1v) is 9.21. The molecule has 1 aromatic carbocycles. The Bertz CT molecular complexity index is 788. The van der Waals surface area contributed by atoms with Crippen molar-refractivity contribution in [3.05, 3.63) is 28.8 Å². The number of amides is 3. The summed E-state index contributed by atoms with van der Waals surface area (Å²) in [6, 6.07) is 2.99. The zero-order valence-corrected chi connectivity index (χ0v) is 14.2. The third-order valence-electron chi connectivity index (χ3n) is 3.09. The van der Waals surface area contributed by atoms with Crippen LogP contribution in [0.1, 0.15) is 23.2 Å². The fourth-order valence-electron chi connectivity index (χ4n) is 1.71. The molecule has 10 heteroatoms. The second kappa shape index (κ2) is 7.18. The number of sulfone groups is 1. The predicted octanol–water partition coefficient (Wildman–Crippen LogP) is 0.888. The van der Waals surface area contributed by atoms with E-state index in [1.54, 1.807) is 0 Å². The van der Waals surface area contributed by atoms with Crippen molar-refractivity contribution < 1.29 is 27.5 Å². The van der Waals surface area contributed by atoms with E-state index in [0.29, 0.717) is 0 Å². The Morgan fingerprint density at radius 3 is 2.54 bits per heavy atom. The first-order chi connectivity index (χ1) is 11.2. The molecule has 0 bridgehead atoms. The quantitative estimate of drug-likeness (QED) is 0.739. The lowest BCUT2D eigenvalue weighted by Gasteiger charge is -2.08. The minimum atomic E-state index is -3.53. The van der Waals surface area contributed by atoms with Gasteiger partial charge in [0.1, 0.15) is 0 Å². The number of benzene rings is 1. The van der Waals surface area contributed by atoms with E-state index in [9.17, 15) is 22.8 Å². The van der Waals surface area contributed by atoms with E-state index in [4.69, 9.17) is 16.3 Å².